The molecule has 0 bridgehead atoms. The molecule has 2 N–H and O–H groups in total. The van der Waals surface area contributed by atoms with Crippen LogP contribution >= 0.6 is 0 Å². The minimum Gasteiger partial charge on any atom is -0.326 e. The van der Waals surface area contributed by atoms with E-state index in [0.29, 0.717) is 5.92 Å². The predicted molar refractivity (Wildman–Crippen MR) is 96.8 cm³/mol. The summed E-state index contributed by atoms with van der Waals surface area (Å²) in [4.78, 5) is 11.0. The maximum Gasteiger partial charge on any atom is 0.221 e. The highest BCUT2D eigenvalue weighted by Crippen LogP contribution is 2.17. The van der Waals surface area contributed by atoms with Crippen LogP contribution in [0.4, 0.5) is 5.69 Å². The summed E-state index contributed by atoms with van der Waals surface area (Å²) >= 11 is 0. The molecule has 2 rings (SSSR count). The van der Waals surface area contributed by atoms with Gasteiger partial charge in [-0.3, -0.25) is 4.79 Å². The molecule has 0 aliphatic rings. The van der Waals surface area contributed by atoms with E-state index in [2.05, 4.69) is 60.0 Å². The molecule has 0 fully saturated rings. The third-order valence-corrected chi connectivity index (χ3v) is 3.99. The van der Waals surface area contributed by atoms with Crippen molar-refractivity contribution in [2.24, 2.45) is 0 Å². The topological polar surface area (TPSA) is 41.1 Å². The number of hydrogen-bond acceptors (Lipinski definition) is 2. The molecule has 0 heterocycles. The number of amides is 1. The number of rotatable bonds is 8. The van der Waals surface area contributed by atoms with Gasteiger partial charge in [-0.15, -0.1) is 0 Å². The Morgan fingerprint density at radius 3 is 2.35 bits per heavy atom. The summed E-state index contributed by atoms with van der Waals surface area (Å²) in [7, 11) is 0. The van der Waals surface area contributed by atoms with Crippen LogP contribution in [0.15, 0.2) is 54.6 Å². The van der Waals surface area contributed by atoms with Crippen LogP contribution < -0.4 is 10.6 Å². The lowest BCUT2D eigenvalue weighted by atomic mass is 9.98. The van der Waals surface area contributed by atoms with Gasteiger partial charge in [0.2, 0.25) is 5.91 Å². The minimum atomic E-state index is -0.0352. The number of carbonyl (C=O) groups is 1. The molecule has 122 valence electrons. The third-order valence-electron chi connectivity index (χ3n) is 3.99. The minimum absolute atomic E-state index is 0.0352. The zero-order valence-electron chi connectivity index (χ0n) is 14.0. The number of carbonyl (C=O) groups excluding carboxylic acids is 1. The third kappa shape index (κ3) is 6.25. The van der Waals surface area contributed by atoms with Crippen molar-refractivity contribution in [1.82, 2.24) is 5.32 Å². The lowest BCUT2D eigenvalue weighted by Crippen LogP contribution is -2.19. The molecule has 0 spiro atoms. The second kappa shape index (κ2) is 9.11. The van der Waals surface area contributed by atoms with E-state index >= 15 is 0 Å². The van der Waals surface area contributed by atoms with E-state index in [1.54, 1.807) is 0 Å². The van der Waals surface area contributed by atoms with Gasteiger partial charge in [-0.2, -0.15) is 0 Å². The number of hydrogen-bond donors (Lipinski definition) is 2. The maximum atomic E-state index is 11.0. The van der Waals surface area contributed by atoms with Gasteiger partial charge in [0, 0.05) is 12.6 Å². The van der Waals surface area contributed by atoms with Crippen molar-refractivity contribution in [2.45, 2.75) is 32.6 Å². The Balaban J connectivity index is 1.64. The highest BCUT2D eigenvalue weighted by Gasteiger charge is 2.04. The molecule has 2 aromatic carbocycles. The molecule has 0 aliphatic carbocycles. The predicted octanol–water partition coefficient (Wildman–Crippen LogP) is 3.97. The molecule has 1 amide bonds. The van der Waals surface area contributed by atoms with Crippen molar-refractivity contribution in [2.75, 3.05) is 18.4 Å². The second-order valence-corrected chi connectivity index (χ2v) is 5.98. The van der Waals surface area contributed by atoms with Crippen LogP contribution in [-0.2, 0) is 11.2 Å². The molecule has 0 aromatic heterocycles. The summed E-state index contributed by atoms with van der Waals surface area (Å²) in [6.45, 7) is 5.80. The molecular weight excluding hydrogens is 284 g/mol. The van der Waals surface area contributed by atoms with E-state index in [1.165, 1.54) is 18.1 Å². The van der Waals surface area contributed by atoms with Crippen LogP contribution in [0.2, 0.25) is 0 Å². The summed E-state index contributed by atoms with van der Waals surface area (Å²) in [5.74, 6) is 0.549. The van der Waals surface area contributed by atoms with Crippen molar-refractivity contribution in [3.63, 3.8) is 0 Å². The summed E-state index contributed by atoms with van der Waals surface area (Å²) in [6, 6.07) is 18.7. The Hall–Kier alpha value is -2.13. The fourth-order valence-corrected chi connectivity index (χ4v) is 2.58. The lowest BCUT2D eigenvalue weighted by molar-refractivity contribution is -0.114. The Labute approximate surface area is 139 Å². The van der Waals surface area contributed by atoms with E-state index in [-0.39, 0.29) is 5.91 Å². The number of anilines is 1. The van der Waals surface area contributed by atoms with E-state index in [9.17, 15) is 4.79 Å². The number of nitrogens with one attached hydrogen (secondary N) is 2. The first-order chi connectivity index (χ1) is 11.1. The van der Waals surface area contributed by atoms with Gasteiger partial charge >= 0.3 is 0 Å². The molecule has 1 unspecified atom stereocenters. The van der Waals surface area contributed by atoms with E-state index < -0.39 is 0 Å². The van der Waals surface area contributed by atoms with Gasteiger partial charge in [0.05, 0.1) is 0 Å². The van der Waals surface area contributed by atoms with Crippen molar-refractivity contribution >= 4 is 11.6 Å². The summed E-state index contributed by atoms with van der Waals surface area (Å²) in [5.41, 5.74) is 3.54. The first-order valence-electron chi connectivity index (χ1n) is 8.27. The van der Waals surface area contributed by atoms with Gasteiger partial charge in [0.15, 0.2) is 0 Å². The first-order valence-corrected chi connectivity index (χ1v) is 8.27. The van der Waals surface area contributed by atoms with Crippen molar-refractivity contribution < 1.29 is 4.79 Å². The van der Waals surface area contributed by atoms with Gasteiger partial charge in [-0.05, 0) is 55.1 Å². The van der Waals surface area contributed by atoms with E-state index in [0.717, 1.165) is 31.6 Å². The average Bonchev–Trinajstić information content (AvgIpc) is 2.56. The Morgan fingerprint density at radius 1 is 1.00 bits per heavy atom. The molecule has 0 aliphatic heterocycles. The van der Waals surface area contributed by atoms with Crippen LogP contribution in [0.1, 0.15) is 37.3 Å². The fraction of sp³-hybridized carbons (Fsp3) is 0.350. The van der Waals surface area contributed by atoms with Crippen LogP contribution in [0.25, 0.3) is 0 Å². The lowest BCUT2D eigenvalue weighted by Gasteiger charge is -2.12. The van der Waals surface area contributed by atoms with Crippen LogP contribution in [0.5, 0.6) is 0 Å². The molecule has 0 radical (unpaired) electrons. The summed E-state index contributed by atoms with van der Waals surface area (Å²) in [5, 5.41) is 6.29. The molecule has 3 heteroatoms. The van der Waals surface area contributed by atoms with Gasteiger partial charge in [0.25, 0.3) is 0 Å². The Morgan fingerprint density at radius 2 is 1.70 bits per heavy atom. The van der Waals surface area contributed by atoms with E-state index in [1.807, 2.05) is 12.1 Å². The fourth-order valence-electron chi connectivity index (χ4n) is 2.58. The van der Waals surface area contributed by atoms with Gasteiger partial charge in [-0.25, -0.2) is 0 Å². The Kier molecular flexibility index (Phi) is 6.82. The highest BCUT2D eigenvalue weighted by molar-refractivity contribution is 5.88. The zero-order valence-corrected chi connectivity index (χ0v) is 14.0. The normalized spacial score (nSPS) is 11.9. The summed E-state index contributed by atoms with van der Waals surface area (Å²) < 4.78 is 0. The Bertz CT molecular complexity index is 593. The number of benzene rings is 2. The molecule has 0 saturated heterocycles. The van der Waals surface area contributed by atoms with E-state index in [4.69, 9.17) is 0 Å². The van der Waals surface area contributed by atoms with Crippen molar-refractivity contribution in [3.05, 3.63) is 65.7 Å². The first kappa shape index (κ1) is 17.2. The SMILES string of the molecule is CC(=O)Nc1ccc(CCNCCC(C)c2ccccc2)cc1. The van der Waals surface area contributed by atoms with Crippen LogP contribution in [-0.4, -0.2) is 19.0 Å². The van der Waals surface area contributed by atoms with Crippen LogP contribution in [0, 0.1) is 0 Å². The zero-order chi connectivity index (χ0) is 16.5. The standard InChI is InChI=1S/C20H26N2O/c1-16(19-6-4-3-5-7-19)12-14-21-15-13-18-8-10-20(11-9-18)22-17(2)23/h3-11,16,21H,12-15H2,1-2H3,(H,22,23). The molecule has 2 aromatic rings. The molecular formula is C20H26N2O. The van der Waals surface area contributed by atoms with Gasteiger partial charge < -0.3 is 10.6 Å². The smallest absolute Gasteiger partial charge is 0.221 e. The molecule has 23 heavy (non-hydrogen) atoms. The second-order valence-electron chi connectivity index (χ2n) is 5.98. The average molecular weight is 310 g/mol. The van der Waals surface area contributed by atoms with Gasteiger partial charge in [0.1, 0.15) is 0 Å². The molecule has 1 atom stereocenters. The van der Waals surface area contributed by atoms with Crippen molar-refractivity contribution in [3.8, 4) is 0 Å². The molecule has 3 nitrogen and oxygen atoms in total. The monoisotopic (exact) mass is 310 g/mol. The maximum absolute atomic E-state index is 11.0. The highest BCUT2D eigenvalue weighted by atomic mass is 16.1. The van der Waals surface area contributed by atoms with Crippen molar-refractivity contribution in [1.29, 1.82) is 0 Å². The van der Waals surface area contributed by atoms with Gasteiger partial charge in [-0.1, -0.05) is 49.4 Å². The van der Waals surface area contributed by atoms with Crippen LogP contribution in [0.3, 0.4) is 0 Å². The largest absolute Gasteiger partial charge is 0.326 e. The quantitative estimate of drug-likeness (QED) is 0.724. The summed E-state index contributed by atoms with van der Waals surface area (Å²) in [6.07, 6.45) is 2.14. The molecule has 0 saturated carbocycles.